The summed E-state index contributed by atoms with van der Waals surface area (Å²) >= 11 is 13.7. The molecule has 0 bridgehead atoms. The Morgan fingerprint density at radius 3 is 2.82 bits per heavy atom. The van der Waals surface area contributed by atoms with Crippen LogP contribution >= 0.6 is 34.5 Å². The largest absolute Gasteiger partial charge is 0.325 e. The van der Waals surface area contributed by atoms with Crippen molar-refractivity contribution in [2.45, 2.75) is 19.9 Å². The van der Waals surface area contributed by atoms with Gasteiger partial charge < -0.3 is 5.32 Å². The van der Waals surface area contributed by atoms with Crippen LogP contribution in [0.5, 0.6) is 0 Å². The van der Waals surface area contributed by atoms with Crippen LogP contribution in [-0.2, 0) is 11.3 Å². The number of nitrogens with one attached hydrogen (secondary N) is 1. The van der Waals surface area contributed by atoms with E-state index in [1.807, 2.05) is 6.07 Å². The molecule has 0 aliphatic heterocycles. The minimum absolute atomic E-state index is 0.0613. The van der Waals surface area contributed by atoms with E-state index in [4.69, 9.17) is 23.2 Å². The molecule has 0 saturated heterocycles. The van der Waals surface area contributed by atoms with E-state index in [2.05, 4.69) is 28.6 Å². The van der Waals surface area contributed by atoms with Crippen molar-refractivity contribution in [3.63, 3.8) is 0 Å². The number of amides is 1. The monoisotopic (exact) mass is 356 g/mol. The lowest BCUT2D eigenvalue weighted by molar-refractivity contribution is -0.116. The SMILES string of the molecule is CCN(CCC(=O)Nc1cc(Cl)ccc1Cl)Cc1cccs1. The summed E-state index contributed by atoms with van der Waals surface area (Å²) in [6.45, 7) is 4.58. The Morgan fingerprint density at radius 1 is 1.32 bits per heavy atom. The summed E-state index contributed by atoms with van der Waals surface area (Å²) in [5.41, 5.74) is 0.556. The van der Waals surface area contributed by atoms with Crippen LogP contribution in [0.25, 0.3) is 0 Å². The molecule has 0 atom stereocenters. The van der Waals surface area contributed by atoms with Crippen LogP contribution < -0.4 is 5.32 Å². The zero-order chi connectivity index (χ0) is 15.9. The molecule has 118 valence electrons. The van der Waals surface area contributed by atoms with Gasteiger partial charge in [-0.3, -0.25) is 9.69 Å². The van der Waals surface area contributed by atoms with Gasteiger partial charge in [-0.25, -0.2) is 0 Å². The fourth-order valence-electron chi connectivity index (χ4n) is 2.04. The second kappa shape index (κ2) is 8.53. The van der Waals surface area contributed by atoms with Crippen LogP contribution in [-0.4, -0.2) is 23.9 Å². The van der Waals surface area contributed by atoms with Gasteiger partial charge in [0.1, 0.15) is 0 Å². The minimum atomic E-state index is -0.0613. The number of rotatable bonds is 7. The molecule has 1 heterocycles. The Balaban J connectivity index is 1.84. The van der Waals surface area contributed by atoms with E-state index >= 15 is 0 Å². The zero-order valence-corrected chi connectivity index (χ0v) is 14.6. The van der Waals surface area contributed by atoms with Gasteiger partial charge in [-0.1, -0.05) is 36.2 Å². The van der Waals surface area contributed by atoms with Crippen molar-refractivity contribution in [2.24, 2.45) is 0 Å². The summed E-state index contributed by atoms with van der Waals surface area (Å²) in [4.78, 5) is 15.6. The first-order chi connectivity index (χ1) is 10.6. The molecule has 3 nitrogen and oxygen atoms in total. The lowest BCUT2D eigenvalue weighted by Gasteiger charge is -2.19. The Kier molecular flexibility index (Phi) is 6.70. The molecule has 6 heteroatoms. The molecular weight excluding hydrogens is 339 g/mol. The first-order valence-corrected chi connectivity index (χ1v) is 8.71. The molecule has 0 saturated carbocycles. The van der Waals surface area contributed by atoms with Gasteiger partial charge in [0.15, 0.2) is 0 Å². The van der Waals surface area contributed by atoms with Crippen molar-refractivity contribution in [3.05, 3.63) is 50.6 Å². The second-order valence-corrected chi connectivity index (χ2v) is 6.75. The third-order valence-electron chi connectivity index (χ3n) is 3.26. The number of anilines is 1. The topological polar surface area (TPSA) is 32.3 Å². The minimum Gasteiger partial charge on any atom is -0.325 e. The van der Waals surface area contributed by atoms with E-state index < -0.39 is 0 Å². The number of halogens is 2. The van der Waals surface area contributed by atoms with E-state index in [0.717, 1.165) is 13.1 Å². The fourth-order valence-corrected chi connectivity index (χ4v) is 3.12. The predicted octanol–water partition coefficient (Wildman–Crippen LogP) is 4.91. The number of thiophene rings is 1. The highest BCUT2D eigenvalue weighted by Crippen LogP contribution is 2.25. The molecule has 0 fully saturated rings. The van der Waals surface area contributed by atoms with E-state index in [9.17, 15) is 4.79 Å². The molecule has 0 radical (unpaired) electrons. The van der Waals surface area contributed by atoms with E-state index in [1.165, 1.54) is 4.88 Å². The Hall–Kier alpha value is -1.07. The van der Waals surface area contributed by atoms with Crippen LogP contribution in [0.2, 0.25) is 10.0 Å². The quantitative estimate of drug-likeness (QED) is 0.764. The average Bonchev–Trinajstić information content (AvgIpc) is 3.00. The maximum absolute atomic E-state index is 12.1. The smallest absolute Gasteiger partial charge is 0.225 e. The highest BCUT2D eigenvalue weighted by atomic mass is 35.5. The maximum atomic E-state index is 12.1. The number of hydrogen-bond acceptors (Lipinski definition) is 3. The highest BCUT2D eigenvalue weighted by molar-refractivity contribution is 7.09. The van der Waals surface area contributed by atoms with E-state index in [0.29, 0.717) is 28.7 Å². The summed E-state index contributed by atoms with van der Waals surface area (Å²) in [6.07, 6.45) is 0.419. The molecular formula is C16H18Cl2N2OS. The molecule has 2 rings (SSSR count). The average molecular weight is 357 g/mol. The molecule has 1 aromatic carbocycles. The summed E-state index contributed by atoms with van der Waals surface area (Å²) in [6, 6.07) is 9.18. The van der Waals surface area contributed by atoms with Gasteiger partial charge in [-0.15, -0.1) is 11.3 Å². The molecule has 1 aromatic heterocycles. The lowest BCUT2D eigenvalue weighted by Crippen LogP contribution is -2.27. The van der Waals surface area contributed by atoms with Crippen LogP contribution in [0.15, 0.2) is 35.7 Å². The van der Waals surface area contributed by atoms with E-state index in [-0.39, 0.29) is 5.91 Å². The summed E-state index contributed by atoms with van der Waals surface area (Å²) in [5, 5.41) is 5.91. The predicted molar refractivity (Wildman–Crippen MR) is 95.0 cm³/mol. The first kappa shape index (κ1) is 17.3. The molecule has 22 heavy (non-hydrogen) atoms. The molecule has 1 amide bonds. The molecule has 0 spiro atoms. The lowest BCUT2D eigenvalue weighted by atomic mass is 10.3. The maximum Gasteiger partial charge on any atom is 0.225 e. The van der Waals surface area contributed by atoms with Crippen LogP contribution in [0.1, 0.15) is 18.2 Å². The Labute approximate surface area is 144 Å². The van der Waals surface area contributed by atoms with Crippen molar-refractivity contribution in [1.29, 1.82) is 0 Å². The van der Waals surface area contributed by atoms with E-state index in [1.54, 1.807) is 29.5 Å². The number of carbonyl (C=O) groups is 1. The van der Waals surface area contributed by atoms with Gasteiger partial charge >= 0.3 is 0 Å². The summed E-state index contributed by atoms with van der Waals surface area (Å²) < 4.78 is 0. The normalized spacial score (nSPS) is 10.9. The highest BCUT2D eigenvalue weighted by Gasteiger charge is 2.10. The molecule has 2 aromatic rings. The van der Waals surface area contributed by atoms with Crippen molar-refractivity contribution in [2.75, 3.05) is 18.4 Å². The van der Waals surface area contributed by atoms with Gasteiger partial charge in [0.25, 0.3) is 0 Å². The second-order valence-electron chi connectivity index (χ2n) is 4.87. The molecule has 0 unspecified atom stereocenters. The van der Waals surface area contributed by atoms with Crippen molar-refractivity contribution in [1.82, 2.24) is 4.90 Å². The third-order valence-corrected chi connectivity index (χ3v) is 4.69. The zero-order valence-electron chi connectivity index (χ0n) is 12.3. The third kappa shape index (κ3) is 5.29. The number of benzene rings is 1. The van der Waals surface area contributed by atoms with Crippen molar-refractivity contribution < 1.29 is 4.79 Å². The van der Waals surface area contributed by atoms with Crippen molar-refractivity contribution in [3.8, 4) is 0 Å². The van der Waals surface area contributed by atoms with Crippen LogP contribution in [0.4, 0.5) is 5.69 Å². The summed E-state index contributed by atoms with van der Waals surface area (Å²) in [5.74, 6) is -0.0613. The summed E-state index contributed by atoms with van der Waals surface area (Å²) in [7, 11) is 0. The Bertz CT molecular complexity index is 617. The van der Waals surface area contributed by atoms with Gasteiger partial charge in [0.2, 0.25) is 5.91 Å². The van der Waals surface area contributed by atoms with Gasteiger partial charge in [0, 0.05) is 29.4 Å². The van der Waals surface area contributed by atoms with Crippen molar-refractivity contribution >= 4 is 46.1 Å². The number of nitrogens with zero attached hydrogens (tertiary/aromatic N) is 1. The molecule has 0 aliphatic carbocycles. The van der Waals surface area contributed by atoms with Gasteiger partial charge in [-0.2, -0.15) is 0 Å². The standard InChI is InChI=1S/C16H18Cl2N2OS/c1-2-20(11-13-4-3-9-22-13)8-7-16(21)19-15-10-12(17)5-6-14(15)18/h3-6,9-10H,2,7-8,11H2,1H3,(H,19,21). The first-order valence-electron chi connectivity index (χ1n) is 7.08. The molecule has 1 N–H and O–H groups in total. The number of carbonyl (C=O) groups excluding carboxylic acids is 1. The van der Waals surface area contributed by atoms with Gasteiger partial charge in [-0.05, 0) is 36.2 Å². The Morgan fingerprint density at radius 2 is 2.14 bits per heavy atom. The van der Waals surface area contributed by atoms with Gasteiger partial charge in [0.05, 0.1) is 10.7 Å². The molecule has 0 aliphatic rings. The fraction of sp³-hybridized carbons (Fsp3) is 0.312. The van der Waals surface area contributed by atoms with Crippen LogP contribution in [0.3, 0.4) is 0 Å². The number of hydrogen-bond donors (Lipinski definition) is 1. The van der Waals surface area contributed by atoms with Crippen LogP contribution in [0, 0.1) is 0 Å².